The van der Waals surface area contributed by atoms with Crippen molar-refractivity contribution in [1.29, 1.82) is 0 Å². The molecule has 1 unspecified atom stereocenters. The number of allylic oxidation sites excluding steroid dienone is 2. The third-order valence-electron chi connectivity index (χ3n) is 2.70. The van der Waals surface area contributed by atoms with Gasteiger partial charge in [-0.3, -0.25) is 0 Å². The monoisotopic (exact) mass is 206 g/mol. The predicted molar refractivity (Wildman–Crippen MR) is 56.6 cm³/mol. The zero-order valence-corrected chi connectivity index (χ0v) is 9.10. The van der Waals surface area contributed by atoms with E-state index in [1.165, 1.54) is 7.11 Å². The Kier molecular flexibility index (Phi) is 2.26. The molecule has 0 aliphatic carbocycles. The highest BCUT2D eigenvalue weighted by atomic mass is 16.5. The second-order valence-corrected chi connectivity index (χ2v) is 3.70. The van der Waals surface area contributed by atoms with Crippen LogP contribution in [0.2, 0.25) is 0 Å². The molecule has 2 aliphatic heterocycles. The number of likely N-dealkylation sites (N-methyl/N-ethyl adjacent to an activating group) is 2. The van der Waals surface area contributed by atoms with Crippen molar-refractivity contribution in [3.8, 4) is 0 Å². The lowest BCUT2D eigenvalue weighted by atomic mass is 10.0. The van der Waals surface area contributed by atoms with Gasteiger partial charge in [-0.05, 0) is 6.08 Å². The molecule has 2 aliphatic rings. The van der Waals surface area contributed by atoms with E-state index in [1.54, 1.807) is 0 Å². The summed E-state index contributed by atoms with van der Waals surface area (Å²) in [6.45, 7) is 0. The zero-order valence-electron chi connectivity index (χ0n) is 9.10. The molecule has 4 heteroatoms. The fourth-order valence-electron chi connectivity index (χ4n) is 2.03. The molecule has 2 rings (SSSR count). The van der Waals surface area contributed by atoms with Crippen LogP contribution in [0.3, 0.4) is 0 Å². The molecule has 0 N–H and O–H groups in total. The molecule has 0 aromatic carbocycles. The SMILES string of the molecule is COC(=O)C1=CN(C)C2C1=CC=CN2C. The number of hydrogen-bond donors (Lipinski definition) is 0. The molecule has 0 aromatic heterocycles. The lowest BCUT2D eigenvalue weighted by Gasteiger charge is -2.32. The Morgan fingerprint density at radius 3 is 2.80 bits per heavy atom. The second kappa shape index (κ2) is 3.46. The van der Waals surface area contributed by atoms with E-state index < -0.39 is 0 Å². The van der Waals surface area contributed by atoms with Gasteiger partial charge in [0.1, 0.15) is 6.17 Å². The van der Waals surface area contributed by atoms with E-state index in [9.17, 15) is 4.79 Å². The zero-order chi connectivity index (χ0) is 11.0. The highest BCUT2D eigenvalue weighted by Crippen LogP contribution is 2.31. The Labute approximate surface area is 89.1 Å². The minimum atomic E-state index is -0.278. The van der Waals surface area contributed by atoms with Gasteiger partial charge in [-0.1, -0.05) is 6.08 Å². The summed E-state index contributed by atoms with van der Waals surface area (Å²) in [5, 5.41) is 0. The van der Waals surface area contributed by atoms with Gasteiger partial charge in [0.25, 0.3) is 0 Å². The first-order chi connectivity index (χ1) is 7.15. The quantitative estimate of drug-likeness (QED) is 0.591. The first-order valence-electron chi connectivity index (χ1n) is 4.78. The number of fused-ring (bicyclic) bond motifs is 1. The topological polar surface area (TPSA) is 32.8 Å². The molecule has 0 fully saturated rings. The van der Waals surface area contributed by atoms with Crippen LogP contribution in [0.5, 0.6) is 0 Å². The van der Waals surface area contributed by atoms with Crippen LogP contribution in [0.15, 0.2) is 35.7 Å². The fourth-order valence-corrected chi connectivity index (χ4v) is 2.03. The normalized spacial score (nSPS) is 23.5. The van der Waals surface area contributed by atoms with Crippen LogP contribution in [0.25, 0.3) is 0 Å². The molecule has 4 nitrogen and oxygen atoms in total. The second-order valence-electron chi connectivity index (χ2n) is 3.70. The summed E-state index contributed by atoms with van der Waals surface area (Å²) >= 11 is 0. The number of rotatable bonds is 1. The summed E-state index contributed by atoms with van der Waals surface area (Å²) in [6.07, 6.45) is 7.81. The molecule has 0 amide bonds. The summed E-state index contributed by atoms with van der Waals surface area (Å²) in [4.78, 5) is 15.6. The van der Waals surface area contributed by atoms with Crippen LogP contribution >= 0.6 is 0 Å². The van der Waals surface area contributed by atoms with Crippen molar-refractivity contribution in [3.63, 3.8) is 0 Å². The minimum absolute atomic E-state index is 0.115. The molecule has 0 saturated heterocycles. The first kappa shape index (κ1) is 9.83. The lowest BCUT2D eigenvalue weighted by Crippen LogP contribution is -2.38. The molecule has 1 atom stereocenters. The van der Waals surface area contributed by atoms with Crippen molar-refractivity contribution < 1.29 is 9.53 Å². The Morgan fingerprint density at radius 2 is 2.13 bits per heavy atom. The summed E-state index contributed by atoms with van der Waals surface area (Å²) in [5.41, 5.74) is 1.63. The number of esters is 1. The summed E-state index contributed by atoms with van der Waals surface area (Å²) in [7, 11) is 5.34. The standard InChI is InChI=1S/C11H14N2O2/c1-12-6-4-5-8-9(11(14)15-3)7-13(2)10(8)12/h4-7,10H,1-3H3. The highest BCUT2D eigenvalue weighted by molar-refractivity contribution is 5.94. The molecular formula is C11H14N2O2. The Hall–Kier alpha value is -1.71. The van der Waals surface area contributed by atoms with E-state index >= 15 is 0 Å². The molecule has 2 heterocycles. The van der Waals surface area contributed by atoms with Gasteiger partial charge in [0.15, 0.2) is 0 Å². The summed E-state index contributed by atoms with van der Waals surface area (Å²) in [5.74, 6) is -0.278. The summed E-state index contributed by atoms with van der Waals surface area (Å²) in [6, 6.07) is 0. The smallest absolute Gasteiger partial charge is 0.339 e. The van der Waals surface area contributed by atoms with Crippen molar-refractivity contribution in [2.24, 2.45) is 0 Å². The van der Waals surface area contributed by atoms with Crippen LogP contribution < -0.4 is 0 Å². The number of carbonyl (C=O) groups is 1. The molecule has 0 radical (unpaired) electrons. The van der Waals surface area contributed by atoms with E-state index in [2.05, 4.69) is 4.90 Å². The molecule has 0 saturated carbocycles. The van der Waals surface area contributed by atoms with Gasteiger partial charge in [0.05, 0.1) is 12.7 Å². The molecule has 0 bridgehead atoms. The average molecular weight is 206 g/mol. The molecule has 15 heavy (non-hydrogen) atoms. The van der Waals surface area contributed by atoms with Gasteiger partial charge in [0.2, 0.25) is 0 Å². The average Bonchev–Trinajstić information content (AvgIpc) is 2.56. The Balaban J connectivity index is 2.36. The van der Waals surface area contributed by atoms with Crippen molar-refractivity contribution in [3.05, 3.63) is 35.7 Å². The molecule has 0 spiro atoms. The number of hydrogen-bond acceptors (Lipinski definition) is 4. The minimum Gasteiger partial charge on any atom is -0.465 e. The van der Waals surface area contributed by atoms with Crippen molar-refractivity contribution in [2.75, 3.05) is 21.2 Å². The number of carbonyl (C=O) groups excluding carboxylic acids is 1. The van der Waals surface area contributed by atoms with Crippen LogP contribution in [-0.4, -0.2) is 43.1 Å². The summed E-state index contributed by atoms with van der Waals surface area (Å²) < 4.78 is 4.75. The first-order valence-corrected chi connectivity index (χ1v) is 4.78. The van der Waals surface area contributed by atoms with Crippen molar-refractivity contribution >= 4 is 5.97 Å². The Morgan fingerprint density at radius 1 is 1.40 bits per heavy atom. The molecular weight excluding hydrogens is 192 g/mol. The third-order valence-corrected chi connectivity index (χ3v) is 2.70. The number of methoxy groups -OCH3 is 1. The number of ether oxygens (including phenoxy) is 1. The highest BCUT2D eigenvalue weighted by Gasteiger charge is 2.34. The van der Waals surface area contributed by atoms with Crippen LogP contribution in [-0.2, 0) is 9.53 Å². The Bertz CT molecular complexity index is 382. The van der Waals surface area contributed by atoms with E-state index in [0.717, 1.165) is 5.57 Å². The van der Waals surface area contributed by atoms with Gasteiger partial charge < -0.3 is 14.5 Å². The van der Waals surface area contributed by atoms with Gasteiger partial charge >= 0.3 is 5.97 Å². The van der Waals surface area contributed by atoms with E-state index in [4.69, 9.17) is 4.74 Å². The molecule has 80 valence electrons. The van der Waals surface area contributed by atoms with Crippen LogP contribution in [0.1, 0.15) is 0 Å². The molecule has 0 aromatic rings. The van der Waals surface area contributed by atoms with Crippen LogP contribution in [0, 0.1) is 0 Å². The van der Waals surface area contributed by atoms with Crippen molar-refractivity contribution in [1.82, 2.24) is 9.80 Å². The van der Waals surface area contributed by atoms with Gasteiger partial charge in [-0.15, -0.1) is 0 Å². The predicted octanol–water partition coefficient (Wildman–Crippen LogP) is 0.700. The van der Waals surface area contributed by atoms with E-state index in [-0.39, 0.29) is 12.1 Å². The lowest BCUT2D eigenvalue weighted by molar-refractivity contribution is -0.135. The van der Waals surface area contributed by atoms with Gasteiger partial charge in [-0.25, -0.2) is 4.79 Å². The number of nitrogens with zero attached hydrogens (tertiary/aromatic N) is 2. The maximum Gasteiger partial charge on any atom is 0.339 e. The van der Waals surface area contributed by atoms with E-state index in [1.807, 2.05) is 43.5 Å². The van der Waals surface area contributed by atoms with E-state index in [0.29, 0.717) is 5.57 Å². The maximum absolute atomic E-state index is 11.5. The fraction of sp³-hybridized carbons (Fsp3) is 0.364. The third kappa shape index (κ3) is 1.42. The maximum atomic E-state index is 11.5. The van der Waals surface area contributed by atoms with Crippen LogP contribution in [0.4, 0.5) is 0 Å². The van der Waals surface area contributed by atoms with Gasteiger partial charge in [-0.2, -0.15) is 0 Å². The largest absolute Gasteiger partial charge is 0.465 e. The van der Waals surface area contributed by atoms with Gasteiger partial charge in [0, 0.05) is 32.1 Å². The van der Waals surface area contributed by atoms with Crippen molar-refractivity contribution in [2.45, 2.75) is 6.17 Å².